The van der Waals surface area contributed by atoms with E-state index in [0.29, 0.717) is 6.54 Å². The molecule has 0 saturated heterocycles. The molecule has 0 fully saturated rings. The monoisotopic (exact) mass is 230 g/mol. The van der Waals surface area contributed by atoms with Crippen LogP contribution < -0.4 is 5.32 Å². The molecular weight excluding hydrogens is 212 g/mol. The Kier molecular flexibility index (Phi) is 6.95. The highest BCUT2D eigenvalue weighted by Gasteiger charge is 2.15. The standard InChI is InChI=1S/C10H18N2O4/c1-3-4-5-6-12(2)10(16)11-7-8(13)9(14)15/h3,8,13H,1,4-7H2,2H3,(H,11,16)(H,14,15)/t8-/m0/s1. The van der Waals surface area contributed by atoms with Crippen LogP contribution in [0, 0.1) is 0 Å². The third-order valence-corrected chi connectivity index (χ3v) is 1.98. The van der Waals surface area contributed by atoms with E-state index >= 15 is 0 Å². The molecule has 0 aromatic rings. The lowest BCUT2D eigenvalue weighted by molar-refractivity contribution is -0.146. The number of carboxylic acids is 1. The molecule has 0 aliphatic rings. The number of nitrogens with one attached hydrogen (secondary N) is 1. The molecule has 0 aliphatic carbocycles. The van der Waals surface area contributed by atoms with Crippen molar-refractivity contribution >= 4 is 12.0 Å². The zero-order chi connectivity index (χ0) is 12.6. The lowest BCUT2D eigenvalue weighted by atomic mass is 10.3. The smallest absolute Gasteiger partial charge is 0.334 e. The molecule has 0 bridgehead atoms. The Bertz CT molecular complexity index is 255. The largest absolute Gasteiger partial charge is 0.479 e. The van der Waals surface area contributed by atoms with E-state index < -0.39 is 18.1 Å². The molecule has 0 aliphatic heterocycles. The van der Waals surface area contributed by atoms with Crippen molar-refractivity contribution in [2.75, 3.05) is 20.1 Å². The zero-order valence-electron chi connectivity index (χ0n) is 9.35. The summed E-state index contributed by atoms with van der Waals surface area (Å²) in [6.45, 7) is 3.83. The van der Waals surface area contributed by atoms with Gasteiger partial charge < -0.3 is 20.4 Å². The van der Waals surface area contributed by atoms with Crippen LogP contribution in [0.3, 0.4) is 0 Å². The molecule has 0 aromatic carbocycles. The molecule has 16 heavy (non-hydrogen) atoms. The normalized spacial score (nSPS) is 11.6. The van der Waals surface area contributed by atoms with Gasteiger partial charge in [-0.1, -0.05) is 6.08 Å². The highest BCUT2D eigenvalue weighted by Crippen LogP contribution is 1.94. The van der Waals surface area contributed by atoms with Crippen molar-refractivity contribution in [1.29, 1.82) is 0 Å². The number of carbonyl (C=O) groups is 2. The number of aliphatic hydroxyl groups excluding tert-OH is 1. The predicted molar refractivity (Wildman–Crippen MR) is 59.1 cm³/mol. The minimum Gasteiger partial charge on any atom is -0.479 e. The maximum Gasteiger partial charge on any atom is 0.334 e. The topological polar surface area (TPSA) is 89.9 Å². The van der Waals surface area contributed by atoms with Crippen LogP contribution in [0.5, 0.6) is 0 Å². The number of allylic oxidation sites excluding steroid dienone is 1. The van der Waals surface area contributed by atoms with Gasteiger partial charge in [0.1, 0.15) is 0 Å². The molecule has 92 valence electrons. The van der Waals surface area contributed by atoms with E-state index in [1.54, 1.807) is 13.1 Å². The van der Waals surface area contributed by atoms with Gasteiger partial charge in [0.15, 0.2) is 6.10 Å². The summed E-state index contributed by atoms with van der Waals surface area (Å²) in [6.07, 6.45) is 1.81. The minimum absolute atomic E-state index is 0.292. The first-order valence-electron chi connectivity index (χ1n) is 4.99. The first-order chi connectivity index (χ1) is 7.49. The maximum atomic E-state index is 11.3. The van der Waals surface area contributed by atoms with Gasteiger partial charge in [0.05, 0.1) is 6.54 Å². The van der Waals surface area contributed by atoms with E-state index in [0.717, 1.165) is 12.8 Å². The van der Waals surface area contributed by atoms with Crippen LogP contribution in [-0.2, 0) is 4.79 Å². The fraction of sp³-hybridized carbons (Fsp3) is 0.600. The second kappa shape index (κ2) is 7.70. The van der Waals surface area contributed by atoms with E-state index in [4.69, 9.17) is 10.2 Å². The fourth-order valence-electron chi connectivity index (χ4n) is 0.981. The number of hydrogen-bond donors (Lipinski definition) is 3. The first kappa shape index (κ1) is 14.4. The number of hydrogen-bond acceptors (Lipinski definition) is 3. The molecule has 2 amide bonds. The van der Waals surface area contributed by atoms with Gasteiger partial charge in [-0.2, -0.15) is 0 Å². The van der Waals surface area contributed by atoms with E-state index in [9.17, 15) is 9.59 Å². The molecule has 0 radical (unpaired) electrons. The Hall–Kier alpha value is -1.56. The molecule has 0 rings (SSSR count). The van der Waals surface area contributed by atoms with Gasteiger partial charge in [0.2, 0.25) is 0 Å². The van der Waals surface area contributed by atoms with Crippen LogP contribution in [-0.4, -0.2) is 53.4 Å². The van der Waals surface area contributed by atoms with Gasteiger partial charge in [0, 0.05) is 13.6 Å². The number of aliphatic hydroxyl groups is 1. The highest BCUT2D eigenvalue weighted by atomic mass is 16.4. The second-order valence-corrected chi connectivity index (χ2v) is 3.39. The Morgan fingerprint density at radius 3 is 2.69 bits per heavy atom. The minimum atomic E-state index is -1.56. The first-order valence-corrected chi connectivity index (χ1v) is 4.99. The molecule has 0 heterocycles. The van der Waals surface area contributed by atoms with Gasteiger partial charge in [0.25, 0.3) is 0 Å². The maximum absolute atomic E-state index is 11.3. The number of aliphatic carboxylic acids is 1. The van der Waals surface area contributed by atoms with Crippen LogP contribution in [0.25, 0.3) is 0 Å². The Morgan fingerprint density at radius 1 is 1.56 bits per heavy atom. The van der Waals surface area contributed by atoms with Gasteiger partial charge >= 0.3 is 12.0 Å². The number of unbranched alkanes of at least 4 members (excludes halogenated alkanes) is 1. The van der Waals surface area contributed by atoms with Crippen molar-refractivity contribution in [3.8, 4) is 0 Å². The highest BCUT2D eigenvalue weighted by molar-refractivity contribution is 5.76. The van der Waals surface area contributed by atoms with Crippen molar-refractivity contribution in [2.24, 2.45) is 0 Å². The average molecular weight is 230 g/mol. The summed E-state index contributed by atoms with van der Waals surface area (Å²) >= 11 is 0. The Labute approximate surface area is 94.6 Å². The summed E-state index contributed by atoms with van der Waals surface area (Å²) in [4.78, 5) is 23.0. The third kappa shape index (κ3) is 6.02. The molecule has 6 nitrogen and oxygen atoms in total. The second-order valence-electron chi connectivity index (χ2n) is 3.39. The lowest BCUT2D eigenvalue weighted by Crippen LogP contribution is -2.43. The Morgan fingerprint density at radius 2 is 2.19 bits per heavy atom. The van der Waals surface area contributed by atoms with E-state index in [2.05, 4.69) is 11.9 Å². The molecule has 0 spiro atoms. The molecule has 0 aromatic heterocycles. The van der Waals surface area contributed by atoms with E-state index in [1.165, 1.54) is 4.90 Å². The molecule has 1 atom stereocenters. The summed E-state index contributed by atoms with van der Waals surface area (Å²) in [7, 11) is 1.60. The summed E-state index contributed by atoms with van der Waals surface area (Å²) in [5, 5.41) is 19.6. The number of carboxylic acid groups (broad SMARTS) is 1. The molecule has 0 saturated carbocycles. The molecular formula is C10H18N2O4. The van der Waals surface area contributed by atoms with Crippen molar-refractivity contribution in [3.63, 3.8) is 0 Å². The van der Waals surface area contributed by atoms with Crippen molar-refractivity contribution in [3.05, 3.63) is 12.7 Å². The van der Waals surface area contributed by atoms with Gasteiger partial charge in [-0.15, -0.1) is 6.58 Å². The summed E-state index contributed by atoms with van der Waals surface area (Å²) < 4.78 is 0. The van der Waals surface area contributed by atoms with Gasteiger partial charge in [-0.3, -0.25) is 0 Å². The summed E-state index contributed by atoms with van der Waals surface area (Å²) in [6, 6.07) is -0.399. The van der Waals surface area contributed by atoms with Gasteiger partial charge in [-0.05, 0) is 12.8 Å². The number of urea groups is 1. The quantitative estimate of drug-likeness (QED) is 0.425. The van der Waals surface area contributed by atoms with Crippen LogP contribution in [0.15, 0.2) is 12.7 Å². The van der Waals surface area contributed by atoms with Crippen LogP contribution >= 0.6 is 0 Å². The lowest BCUT2D eigenvalue weighted by Gasteiger charge is -2.18. The number of nitrogens with zero attached hydrogens (tertiary/aromatic N) is 1. The Balaban J connectivity index is 3.78. The van der Waals surface area contributed by atoms with E-state index in [-0.39, 0.29) is 6.54 Å². The SMILES string of the molecule is C=CCCCN(C)C(=O)NC[C@H](O)C(=O)O. The summed E-state index contributed by atoms with van der Waals surface area (Å²) in [5.74, 6) is -1.35. The third-order valence-electron chi connectivity index (χ3n) is 1.98. The molecule has 6 heteroatoms. The zero-order valence-corrected chi connectivity index (χ0v) is 9.35. The van der Waals surface area contributed by atoms with Crippen LogP contribution in [0.4, 0.5) is 4.79 Å². The number of amides is 2. The van der Waals surface area contributed by atoms with Crippen LogP contribution in [0.1, 0.15) is 12.8 Å². The molecule has 3 N–H and O–H groups in total. The van der Waals surface area contributed by atoms with Gasteiger partial charge in [-0.25, -0.2) is 9.59 Å². The van der Waals surface area contributed by atoms with Crippen molar-refractivity contribution in [1.82, 2.24) is 10.2 Å². The van der Waals surface area contributed by atoms with Crippen molar-refractivity contribution in [2.45, 2.75) is 18.9 Å². The molecule has 0 unspecified atom stereocenters. The fourth-order valence-corrected chi connectivity index (χ4v) is 0.981. The predicted octanol–water partition coefficient (Wildman–Crippen LogP) is 0.0395. The number of rotatable bonds is 7. The van der Waals surface area contributed by atoms with E-state index in [1.807, 2.05) is 0 Å². The average Bonchev–Trinajstić information content (AvgIpc) is 2.25. The van der Waals surface area contributed by atoms with Crippen molar-refractivity contribution < 1.29 is 19.8 Å². The van der Waals surface area contributed by atoms with Crippen LogP contribution in [0.2, 0.25) is 0 Å². The summed E-state index contributed by atoms with van der Waals surface area (Å²) in [5.41, 5.74) is 0. The number of carbonyl (C=O) groups excluding carboxylic acids is 1.